The van der Waals surface area contributed by atoms with E-state index in [1.165, 1.54) is 0 Å². The van der Waals surface area contributed by atoms with Crippen LogP contribution in [0.2, 0.25) is 0 Å². The highest BCUT2D eigenvalue weighted by atomic mass is 16.4. The van der Waals surface area contributed by atoms with Crippen molar-refractivity contribution in [2.75, 3.05) is 20.1 Å². The quantitative estimate of drug-likeness (QED) is 0.562. The molecule has 0 saturated carbocycles. The van der Waals surface area contributed by atoms with Crippen molar-refractivity contribution in [2.24, 2.45) is 11.8 Å². The number of aliphatic carboxylic acids is 1. The lowest BCUT2D eigenvalue weighted by Crippen LogP contribution is -2.36. The van der Waals surface area contributed by atoms with Crippen molar-refractivity contribution in [2.45, 2.75) is 20.3 Å². The Morgan fingerprint density at radius 2 is 1.93 bits per heavy atom. The lowest BCUT2D eigenvalue weighted by Gasteiger charge is -2.16. The molecule has 0 spiro atoms. The average molecular weight is 216 g/mol. The third-order valence-electron chi connectivity index (χ3n) is 2.24. The van der Waals surface area contributed by atoms with Crippen LogP contribution in [0.5, 0.6) is 0 Å². The summed E-state index contributed by atoms with van der Waals surface area (Å²) < 4.78 is 0. The van der Waals surface area contributed by atoms with Crippen LogP contribution in [0.1, 0.15) is 20.3 Å². The zero-order valence-electron chi connectivity index (χ0n) is 9.54. The molecule has 1 atom stereocenters. The Kier molecular flexibility index (Phi) is 6.70. The first-order chi connectivity index (χ1) is 6.99. The largest absolute Gasteiger partial charge is 0.481 e. The summed E-state index contributed by atoms with van der Waals surface area (Å²) in [5.74, 6) is -1.47. The van der Waals surface area contributed by atoms with Gasteiger partial charge in [0.2, 0.25) is 5.91 Å². The van der Waals surface area contributed by atoms with Gasteiger partial charge in [-0.3, -0.25) is 9.59 Å². The topological polar surface area (TPSA) is 78.4 Å². The fraction of sp³-hybridized carbons (Fsp3) is 0.800. The van der Waals surface area contributed by atoms with Crippen molar-refractivity contribution in [1.29, 1.82) is 0 Å². The summed E-state index contributed by atoms with van der Waals surface area (Å²) in [6, 6.07) is 0. The highest BCUT2D eigenvalue weighted by Crippen LogP contribution is 2.09. The number of amides is 1. The van der Waals surface area contributed by atoms with E-state index >= 15 is 0 Å². The lowest BCUT2D eigenvalue weighted by atomic mass is 9.96. The highest BCUT2D eigenvalue weighted by Gasteiger charge is 2.21. The van der Waals surface area contributed by atoms with Gasteiger partial charge in [-0.05, 0) is 13.0 Å². The molecule has 0 saturated heterocycles. The molecule has 88 valence electrons. The lowest BCUT2D eigenvalue weighted by molar-refractivity contribution is -0.143. The second kappa shape index (κ2) is 7.23. The molecule has 0 aliphatic heterocycles. The molecule has 3 N–H and O–H groups in total. The Labute approximate surface area is 90.2 Å². The maximum Gasteiger partial charge on any atom is 0.308 e. The van der Waals surface area contributed by atoms with E-state index < -0.39 is 11.9 Å². The van der Waals surface area contributed by atoms with Gasteiger partial charge in [-0.1, -0.05) is 13.8 Å². The molecule has 1 amide bonds. The number of carbonyl (C=O) groups is 2. The minimum atomic E-state index is -0.862. The molecule has 0 fully saturated rings. The van der Waals surface area contributed by atoms with Crippen LogP contribution in [0.15, 0.2) is 0 Å². The summed E-state index contributed by atoms with van der Waals surface area (Å²) in [4.78, 5) is 22.0. The Hall–Kier alpha value is -1.10. The molecular formula is C10H20N2O3. The minimum Gasteiger partial charge on any atom is -0.481 e. The zero-order chi connectivity index (χ0) is 11.8. The Morgan fingerprint density at radius 1 is 1.33 bits per heavy atom. The molecule has 15 heavy (non-hydrogen) atoms. The molecule has 5 heteroatoms. The van der Waals surface area contributed by atoms with Gasteiger partial charge in [0.1, 0.15) is 0 Å². The van der Waals surface area contributed by atoms with Crippen LogP contribution < -0.4 is 10.6 Å². The van der Waals surface area contributed by atoms with Crippen molar-refractivity contribution < 1.29 is 14.7 Å². The SMILES string of the molecule is CNCCC(=O)NCC(C(=O)O)C(C)C. The first-order valence-electron chi connectivity index (χ1n) is 5.13. The van der Waals surface area contributed by atoms with E-state index in [2.05, 4.69) is 10.6 Å². The van der Waals surface area contributed by atoms with Crippen molar-refractivity contribution in [3.63, 3.8) is 0 Å². The molecule has 0 radical (unpaired) electrons. The highest BCUT2D eigenvalue weighted by molar-refractivity contribution is 5.77. The Bertz CT molecular complexity index is 217. The normalized spacial score (nSPS) is 12.5. The maximum atomic E-state index is 11.2. The fourth-order valence-electron chi connectivity index (χ4n) is 1.16. The van der Waals surface area contributed by atoms with E-state index in [-0.39, 0.29) is 18.4 Å². The van der Waals surface area contributed by atoms with Crippen molar-refractivity contribution >= 4 is 11.9 Å². The summed E-state index contributed by atoms with van der Waals surface area (Å²) in [5.41, 5.74) is 0. The summed E-state index contributed by atoms with van der Waals surface area (Å²) in [5, 5.41) is 14.3. The van der Waals surface area contributed by atoms with Gasteiger partial charge in [0.05, 0.1) is 5.92 Å². The van der Waals surface area contributed by atoms with Crippen molar-refractivity contribution in [3.8, 4) is 0 Å². The Morgan fingerprint density at radius 3 is 2.33 bits per heavy atom. The number of carbonyl (C=O) groups excluding carboxylic acids is 1. The molecular weight excluding hydrogens is 196 g/mol. The van der Waals surface area contributed by atoms with Crippen LogP contribution in [0.3, 0.4) is 0 Å². The van der Waals surface area contributed by atoms with Gasteiger partial charge in [0, 0.05) is 19.5 Å². The molecule has 0 aliphatic rings. The summed E-state index contributed by atoms with van der Waals surface area (Å²) >= 11 is 0. The van der Waals surface area contributed by atoms with E-state index in [1.807, 2.05) is 13.8 Å². The molecule has 0 aromatic heterocycles. The fourth-order valence-corrected chi connectivity index (χ4v) is 1.16. The standard InChI is InChI=1S/C10H20N2O3/c1-7(2)8(10(14)15)6-12-9(13)4-5-11-3/h7-8,11H,4-6H2,1-3H3,(H,12,13)(H,14,15). The third-order valence-corrected chi connectivity index (χ3v) is 2.24. The van der Waals surface area contributed by atoms with Gasteiger partial charge in [-0.2, -0.15) is 0 Å². The number of carboxylic acid groups (broad SMARTS) is 1. The Balaban J connectivity index is 3.89. The average Bonchev–Trinajstić information content (AvgIpc) is 2.13. The van der Waals surface area contributed by atoms with Gasteiger partial charge in [-0.25, -0.2) is 0 Å². The van der Waals surface area contributed by atoms with Crippen molar-refractivity contribution in [1.82, 2.24) is 10.6 Å². The molecule has 0 aliphatic carbocycles. The van der Waals surface area contributed by atoms with E-state index in [0.717, 1.165) is 0 Å². The molecule has 5 nitrogen and oxygen atoms in total. The van der Waals surface area contributed by atoms with E-state index in [4.69, 9.17) is 5.11 Å². The smallest absolute Gasteiger partial charge is 0.308 e. The minimum absolute atomic E-state index is 0.0205. The van der Waals surface area contributed by atoms with Crippen LogP contribution in [0.4, 0.5) is 0 Å². The molecule has 1 unspecified atom stereocenters. The van der Waals surface area contributed by atoms with Gasteiger partial charge >= 0.3 is 5.97 Å². The van der Waals surface area contributed by atoms with Crippen LogP contribution in [-0.2, 0) is 9.59 Å². The zero-order valence-corrected chi connectivity index (χ0v) is 9.54. The van der Waals surface area contributed by atoms with Crippen LogP contribution >= 0.6 is 0 Å². The number of rotatable bonds is 7. The van der Waals surface area contributed by atoms with E-state index in [9.17, 15) is 9.59 Å². The monoisotopic (exact) mass is 216 g/mol. The molecule has 0 heterocycles. The first-order valence-corrected chi connectivity index (χ1v) is 5.13. The number of carboxylic acids is 1. The second-order valence-corrected chi connectivity index (χ2v) is 3.85. The molecule has 0 aromatic rings. The molecule has 0 bridgehead atoms. The van der Waals surface area contributed by atoms with Gasteiger partial charge in [0.25, 0.3) is 0 Å². The molecule has 0 rings (SSSR count). The third kappa shape index (κ3) is 6.06. The predicted molar refractivity (Wildman–Crippen MR) is 57.5 cm³/mol. The maximum absolute atomic E-state index is 11.2. The summed E-state index contributed by atoms with van der Waals surface area (Å²) in [6.45, 7) is 4.47. The summed E-state index contributed by atoms with van der Waals surface area (Å²) in [6.07, 6.45) is 0.376. The molecule has 0 aromatic carbocycles. The van der Waals surface area contributed by atoms with E-state index in [1.54, 1.807) is 7.05 Å². The number of hydrogen-bond donors (Lipinski definition) is 3. The number of nitrogens with one attached hydrogen (secondary N) is 2. The van der Waals surface area contributed by atoms with E-state index in [0.29, 0.717) is 13.0 Å². The van der Waals surface area contributed by atoms with Crippen LogP contribution in [-0.4, -0.2) is 37.1 Å². The van der Waals surface area contributed by atoms with Gasteiger partial charge in [0.15, 0.2) is 0 Å². The van der Waals surface area contributed by atoms with Gasteiger partial charge < -0.3 is 15.7 Å². The second-order valence-electron chi connectivity index (χ2n) is 3.85. The van der Waals surface area contributed by atoms with Gasteiger partial charge in [-0.15, -0.1) is 0 Å². The first kappa shape index (κ1) is 13.9. The van der Waals surface area contributed by atoms with Crippen LogP contribution in [0.25, 0.3) is 0 Å². The summed E-state index contributed by atoms with van der Waals surface area (Å²) in [7, 11) is 1.77. The van der Waals surface area contributed by atoms with Crippen LogP contribution in [0, 0.1) is 11.8 Å². The van der Waals surface area contributed by atoms with Crippen molar-refractivity contribution in [3.05, 3.63) is 0 Å². The number of hydrogen-bond acceptors (Lipinski definition) is 3. The predicted octanol–water partition coefficient (Wildman–Crippen LogP) is 0.0689.